The van der Waals surface area contributed by atoms with E-state index >= 15 is 0 Å². The van der Waals surface area contributed by atoms with E-state index in [0.717, 1.165) is 16.7 Å². The van der Waals surface area contributed by atoms with E-state index in [2.05, 4.69) is 4.98 Å². The minimum absolute atomic E-state index is 0.330. The monoisotopic (exact) mass is 256 g/mol. The van der Waals surface area contributed by atoms with E-state index in [9.17, 15) is 4.79 Å². The molecule has 0 saturated carbocycles. The molecule has 0 bridgehead atoms. The zero-order valence-electron chi connectivity index (χ0n) is 10.7. The van der Waals surface area contributed by atoms with E-state index in [-0.39, 0.29) is 0 Å². The summed E-state index contributed by atoms with van der Waals surface area (Å²) in [5.74, 6) is -0.408. The van der Waals surface area contributed by atoms with Crippen molar-refractivity contribution in [2.75, 3.05) is 6.61 Å². The van der Waals surface area contributed by atoms with Crippen molar-refractivity contribution in [3.63, 3.8) is 0 Å². The average molecular weight is 256 g/mol. The molecule has 0 fully saturated rings. The second kappa shape index (κ2) is 6.11. The molecule has 1 atom stereocenters. The van der Waals surface area contributed by atoms with Crippen LogP contribution in [0.25, 0.3) is 11.1 Å². The summed E-state index contributed by atoms with van der Waals surface area (Å²) in [7, 11) is 0. The standard InChI is InChI=1S/C15H16N2O2/c1-2-19-15(18)14(16)13-5-3-4-12(10-13)11-6-8-17-9-7-11/h3-10,14H,2,16H2,1H3. The summed E-state index contributed by atoms with van der Waals surface area (Å²) in [6.07, 6.45) is 3.46. The fourth-order valence-electron chi connectivity index (χ4n) is 1.82. The molecule has 0 aliphatic heterocycles. The molecule has 0 aliphatic carbocycles. The highest BCUT2D eigenvalue weighted by Gasteiger charge is 2.17. The van der Waals surface area contributed by atoms with Gasteiger partial charge in [0.05, 0.1) is 6.61 Å². The summed E-state index contributed by atoms with van der Waals surface area (Å²) in [6, 6.07) is 10.6. The van der Waals surface area contributed by atoms with Crippen LogP contribution in [0.15, 0.2) is 48.8 Å². The SMILES string of the molecule is CCOC(=O)C(N)c1cccc(-c2ccncc2)c1. The number of carbonyl (C=O) groups is 1. The van der Waals surface area contributed by atoms with Crippen LogP contribution in [0.3, 0.4) is 0 Å². The van der Waals surface area contributed by atoms with Gasteiger partial charge in [0, 0.05) is 12.4 Å². The Balaban J connectivity index is 2.27. The fraction of sp³-hybridized carbons (Fsp3) is 0.200. The maximum atomic E-state index is 11.6. The van der Waals surface area contributed by atoms with Gasteiger partial charge >= 0.3 is 5.97 Å². The molecule has 2 N–H and O–H groups in total. The van der Waals surface area contributed by atoms with Gasteiger partial charge in [0.2, 0.25) is 0 Å². The first-order valence-corrected chi connectivity index (χ1v) is 6.15. The lowest BCUT2D eigenvalue weighted by atomic mass is 10.0. The molecule has 2 aromatic rings. The smallest absolute Gasteiger partial charge is 0.327 e. The Hall–Kier alpha value is -2.20. The second-order valence-corrected chi connectivity index (χ2v) is 4.09. The molecular formula is C15H16N2O2. The van der Waals surface area contributed by atoms with Crippen LogP contribution in [-0.2, 0) is 9.53 Å². The van der Waals surface area contributed by atoms with Crippen molar-refractivity contribution in [1.82, 2.24) is 4.98 Å². The number of pyridine rings is 1. The Morgan fingerprint density at radius 1 is 1.26 bits per heavy atom. The molecule has 1 unspecified atom stereocenters. The van der Waals surface area contributed by atoms with Crippen molar-refractivity contribution in [2.45, 2.75) is 13.0 Å². The first-order valence-electron chi connectivity index (χ1n) is 6.15. The van der Waals surface area contributed by atoms with Crippen molar-refractivity contribution in [1.29, 1.82) is 0 Å². The molecule has 19 heavy (non-hydrogen) atoms. The van der Waals surface area contributed by atoms with Crippen LogP contribution >= 0.6 is 0 Å². The van der Waals surface area contributed by atoms with Gasteiger partial charge in [-0.2, -0.15) is 0 Å². The zero-order chi connectivity index (χ0) is 13.7. The van der Waals surface area contributed by atoms with Gasteiger partial charge in [0.25, 0.3) is 0 Å². The van der Waals surface area contributed by atoms with Gasteiger partial charge in [-0.25, -0.2) is 4.79 Å². The third kappa shape index (κ3) is 3.17. The summed E-state index contributed by atoms with van der Waals surface area (Å²) >= 11 is 0. The van der Waals surface area contributed by atoms with E-state index in [1.165, 1.54) is 0 Å². The Morgan fingerprint density at radius 3 is 2.68 bits per heavy atom. The number of benzene rings is 1. The van der Waals surface area contributed by atoms with E-state index < -0.39 is 12.0 Å². The number of hydrogen-bond acceptors (Lipinski definition) is 4. The molecule has 0 saturated heterocycles. The Kier molecular flexibility index (Phi) is 4.26. The molecule has 4 nitrogen and oxygen atoms in total. The Morgan fingerprint density at radius 2 is 2.00 bits per heavy atom. The minimum Gasteiger partial charge on any atom is -0.465 e. The van der Waals surface area contributed by atoms with Crippen LogP contribution in [0.5, 0.6) is 0 Å². The van der Waals surface area contributed by atoms with Crippen molar-refractivity contribution >= 4 is 5.97 Å². The summed E-state index contributed by atoms with van der Waals surface area (Å²) in [4.78, 5) is 15.6. The molecule has 1 heterocycles. The van der Waals surface area contributed by atoms with Gasteiger partial charge in [-0.1, -0.05) is 18.2 Å². The van der Waals surface area contributed by atoms with Gasteiger partial charge in [-0.05, 0) is 41.8 Å². The predicted octanol–water partition coefficient (Wildman–Crippen LogP) is 2.31. The number of hydrogen-bond donors (Lipinski definition) is 1. The van der Waals surface area contributed by atoms with E-state index in [0.29, 0.717) is 6.61 Å². The lowest BCUT2D eigenvalue weighted by molar-refractivity contribution is -0.144. The number of nitrogens with zero attached hydrogens (tertiary/aromatic N) is 1. The zero-order valence-corrected chi connectivity index (χ0v) is 10.7. The summed E-state index contributed by atoms with van der Waals surface area (Å²) < 4.78 is 4.93. The molecule has 0 radical (unpaired) electrons. The highest BCUT2D eigenvalue weighted by atomic mass is 16.5. The van der Waals surface area contributed by atoms with E-state index in [1.54, 1.807) is 19.3 Å². The van der Waals surface area contributed by atoms with Crippen molar-refractivity contribution in [3.8, 4) is 11.1 Å². The Bertz CT molecular complexity index is 555. The number of nitrogens with two attached hydrogens (primary N) is 1. The fourth-order valence-corrected chi connectivity index (χ4v) is 1.82. The molecule has 4 heteroatoms. The second-order valence-electron chi connectivity index (χ2n) is 4.09. The molecule has 98 valence electrons. The molecule has 0 aliphatic rings. The number of aromatic nitrogens is 1. The summed E-state index contributed by atoms with van der Waals surface area (Å²) in [5.41, 5.74) is 8.66. The molecule has 1 aromatic heterocycles. The maximum Gasteiger partial charge on any atom is 0.327 e. The molecule has 2 rings (SSSR count). The van der Waals surface area contributed by atoms with Gasteiger partial charge in [-0.3, -0.25) is 4.98 Å². The van der Waals surface area contributed by atoms with Crippen molar-refractivity contribution < 1.29 is 9.53 Å². The topological polar surface area (TPSA) is 65.2 Å². The first kappa shape index (κ1) is 13.2. The first-order chi connectivity index (χ1) is 9.22. The van der Waals surface area contributed by atoms with Gasteiger partial charge < -0.3 is 10.5 Å². The van der Waals surface area contributed by atoms with E-state index in [4.69, 9.17) is 10.5 Å². The lowest BCUT2D eigenvalue weighted by Gasteiger charge is -2.12. The number of ether oxygens (including phenoxy) is 1. The summed E-state index contributed by atoms with van der Waals surface area (Å²) in [6.45, 7) is 2.09. The maximum absolute atomic E-state index is 11.6. The van der Waals surface area contributed by atoms with Gasteiger partial charge in [-0.15, -0.1) is 0 Å². The van der Waals surface area contributed by atoms with Crippen LogP contribution in [0.1, 0.15) is 18.5 Å². The van der Waals surface area contributed by atoms with Crippen LogP contribution in [0.4, 0.5) is 0 Å². The number of carbonyl (C=O) groups excluding carboxylic acids is 1. The minimum atomic E-state index is -0.748. The van der Waals surface area contributed by atoms with Crippen LogP contribution in [-0.4, -0.2) is 17.6 Å². The molecule has 0 spiro atoms. The highest BCUT2D eigenvalue weighted by molar-refractivity contribution is 5.78. The normalized spacial score (nSPS) is 11.9. The van der Waals surface area contributed by atoms with Gasteiger partial charge in [0.1, 0.15) is 6.04 Å². The number of rotatable bonds is 4. The molecular weight excluding hydrogens is 240 g/mol. The van der Waals surface area contributed by atoms with Crippen molar-refractivity contribution in [2.24, 2.45) is 5.73 Å². The number of esters is 1. The van der Waals surface area contributed by atoms with Crippen LogP contribution in [0.2, 0.25) is 0 Å². The third-order valence-electron chi connectivity index (χ3n) is 2.80. The van der Waals surface area contributed by atoms with Crippen molar-refractivity contribution in [3.05, 3.63) is 54.4 Å². The van der Waals surface area contributed by atoms with Gasteiger partial charge in [0.15, 0.2) is 0 Å². The van der Waals surface area contributed by atoms with Crippen LogP contribution < -0.4 is 5.73 Å². The summed E-state index contributed by atoms with van der Waals surface area (Å²) in [5, 5.41) is 0. The average Bonchev–Trinajstić information content (AvgIpc) is 2.48. The quantitative estimate of drug-likeness (QED) is 0.852. The largest absolute Gasteiger partial charge is 0.465 e. The molecule has 1 aromatic carbocycles. The Labute approximate surface area is 112 Å². The van der Waals surface area contributed by atoms with Crippen LogP contribution in [0, 0.1) is 0 Å². The molecule has 0 amide bonds. The third-order valence-corrected chi connectivity index (χ3v) is 2.80. The highest BCUT2D eigenvalue weighted by Crippen LogP contribution is 2.22. The van der Waals surface area contributed by atoms with E-state index in [1.807, 2.05) is 36.4 Å². The predicted molar refractivity (Wildman–Crippen MR) is 73.2 cm³/mol. The lowest BCUT2D eigenvalue weighted by Crippen LogP contribution is -2.23.